The van der Waals surface area contributed by atoms with Crippen LogP contribution in [0, 0.1) is 0 Å². The van der Waals surface area contributed by atoms with Crippen LogP contribution in [0.25, 0.3) is 0 Å². The van der Waals surface area contributed by atoms with Crippen molar-refractivity contribution in [3.63, 3.8) is 0 Å². The molecule has 0 spiro atoms. The van der Waals surface area contributed by atoms with Gasteiger partial charge in [0, 0.05) is 29.5 Å². The molecule has 1 aromatic rings. The number of anilines is 2. The highest BCUT2D eigenvalue weighted by Gasteiger charge is 2.28. The molecular formula is C14H21Cl2N3O2. The molecule has 1 rings (SSSR count). The predicted octanol–water partition coefficient (Wildman–Crippen LogP) is 2.42. The van der Waals surface area contributed by atoms with Crippen molar-refractivity contribution in [3.8, 4) is 0 Å². The molecule has 5 nitrogen and oxygen atoms in total. The number of aliphatic hydroxyl groups excluding tert-OH is 1. The first-order chi connectivity index (χ1) is 9.78. The standard InChI is InChI=1S/C14H21Cl2N3O2/c1-3-14(2,16)13(21)19-11-5-9(15)4-10(6-11)18-8-12(20)7-17/h4-6,12,18,20H,3,7-8,17H2,1-2H3,(H,19,21). The topological polar surface area (TPSA) is 87.4 Å². The fraction of sp³-hybridized carbons (Fsp3) is 0.500. The van der Waals surface area contributed by atoms with Crippen molar-refractivity contribution in [3.05, 3.63) is 23.2 Å². The van der Waals surface area contributed by atoms with Gasteiger partial charge in [-0.05, 0) is 31.5 Å². The van der Waals surface area contributed by atoms with Crippen LogP contribution >= 0.6 is 23.2 Å². The minimum absolute atomic E-state index is 0.165. The summed E-state index contributed by atoms with van der Waals surface area (Å²) >= 11 is 12.1. The average Bonchev–Trinajstić information content (AvgIpc) is 2.44. The zero-order valence-corrected chi connectivity index (χ0v) is 13.6. The predicted molar refractivity (Wildman–Crippen MR) is 88.2 cm³/mol. The number of rotatable bonds is 7. The van der Waals surface area contributed by atoms with E-state index in [2.05, 4.69) is 10.6 Å². The summed E-state index contributed by atoms with van der Waals surface area (Å²) in [6.45, 7) is 3.96. The molecule has 1 aromatic carbocycles. The molecule has 1 amide bonds. The lowest BCUT2D eigenvalue weighted by Crippen LogP contribution is -2.34. The van der Waals surface area contributed by atoms with Gasteiger partial charge in [-0.3, -0.25) is 4.79 Å². The van der Waals surface area contributed by atoms with Crippen LogP contribution in [0.15, 0.2) is 18.2 Å². The number of hydrogen-bond acceptors (Lipinski definition) is 4. The Hall–Kier alpha value is -1.01. The second-order valence-electron chi connectivity index (χ2n) is 5.00. The molecule has 0 heterocycles. The minimum atomic E-state index is -0.967. The Kier molecular flexibility index (Phi) is 6.74. The van der Waals surface area contributed by atoms with Gasteiger partial charge in [-0.1, -0.05) is 18.5 Å². The van der Waals surface area contributed by atoms with E-state index in [1.54, 1.807) is 25.1 Å². The Labute approximate surface area is 134 Å². The third kappa shape index (κ3) is 5.71. The van der Waals surface area contributed by atoms with Crippen molar-refractivity contribution in [2.75, 3.05) is 23.7 Å². The number of nitrogens with two attached hydrogens (primary N) is 1. The summed E-state index contributed by atoms with van der Waals surface area (Å²) in [5.74, 6) is -0.290. The van der Waals surface area contributed by atoms with Gasteiger partial charge < -0.3 is 21.5 Å². The molecule has 0 saturated heterocycles. The normalized spacial score (nSPS) is 15.1. The summed E-state index contributed by atoms with van der Waals surface area (Å²) in [6.07, 6.45) is -0.136. The molecule has 0 aliphatic rings. The lowest BCUT2D eigenvalue weighted by molar-refractivity contribution is -0.118. The van der Waals surface area contributed by atoms with Crippen molar-refractivity contribution in [1.82, 2.24) is 0 Å². The Morgan fingerprint density at radius 3 is 2.62 bits per heavy atom. The van der Waals surface area contributed by atoms with Gasteiger partial charge in [0.25, 0.3) is 0 Å². The molecule has 2 unspecified atom stereocenters. The van der Waals surface area contributed by atoms with Crippen LogP contribution in [-0.4, -0.2) is 35.1 Å². The van der Waals surface area contributed by atoms with Gasteiger partial charge in [0.15, 0.2) is 0 Å². The van der Waals surface area contributed by atoms with Crippen LogP contribution in [-0.2, 0) is 4.79 Å². The Morgan fingerprint density at radius 1 is 1.43 bits per heavy atom. The number of carbonyl (C=O) groups is 1. The van der Waals surface area contributed by atoms with E-state index in [0.717, 1.165) is 0 Å². The quantitative estimate of drug-likeness (QED) is 0.577. The second-order valence-corrected chi connectivity index (χ2v) is 6.27. The maximum atomic E-state index is 12.0. The summed E-state index contributed by atoms with van der Waals surface area (Å²) in [5, 5.41) is 15.6. The van der Waals surface area contributed by atoms with Gasteiger partial charge in [0.05, 0.1) is 6.10 Å². The molecular weight excluding hydrogens is 313 g/mol. The second kappa shape index (κ2) is 7.84. The molecule has 118 valence electrons. The number of carbonyl (C=O) groups excluding carboxylic acids is 1. The van der Waals surface area contributed by atoms with Crippen LogP contribution in [0.5, 0.6) is 0 Å². The summed E-state index contributed by atoms with van der Waals surface area (Å²) in [7, 11) is 0. The SMILES string of the molecule is CCC(C)(Cl)C(=O)Nc1cc(Cl)cc(NCC(O)CN)c1. The Morgan fingerprint density at radius 2 is 2.05 bits per heavy atom. The number of hydrogen-bond donors (Lipinski definition) is 4. The van der Waals surface area contributed by atoms with Crippen molar-refractivity contribution < 1.29 is 9.90 Å². The van der Waals surface area contributed by atoms with Gasteiger partial charge in [0.1, 0.15) is 4.87 Å². The zero-order chi connectivity index (χ0) is 16.0. The number of amides is 1. The van der Waals surface area contributed by atoms with Crippen LogP contribution in [0.1, 0.15) is 20.3 Å². The number of nitrogens with one attached hydrogen (secondary N) is 2. The summed E-state index contributed by atoms with van der Waals surface area (Å²) in [4.78, 5) is 11.1. The van der Waals surface area contributed by atoms with E-state index in [9.17, 15) is 9.90 Å². The minimum Gasteiger partial charge on any atom is -0.390 e. The molecule has 0 aromatic heterocycles. The van der Waals surface area contributed by atoms with E-state index in [1.165, 1.54) is 0 Å². The van der Waals surface area contributed by atoms with E-state index in [0.29, 0.717) is 29.4 Å². The first-order valence-corrected chi connectivity index (χ1v) is 7.47. The average molecular weight is 334 g/mol. The van der Waals surface area contributed by atoms with E-state index < -0.39 is 11.0 Å². The molecule has 0 aliphatic heterocycles. The van der Waals surface area contributed by atoms with E-state index >= 15 is 0 Å². The Balaban J connectivity index is 2.80. The van der Waals surface area contributed by atoms with Gasteiger partial charge >= 0.3 is 0 Å². The number of aliphatic hydroxyl groups is 1. The molecule has 2 atom stereocenters. The van der Waals surface area contributed by atoms with Gasteiger partial charge in [0.2, 0.25) is 5.91 Å². The van der Waals surface area contributed by atoms with Crippen molar-refractivity contribution in [2.45, 2.75) is 31.2 Å². The summed E-state index contributed by atoms with van der Waals surface area (Å²) < 4.78 is 0. The summed E-state index contributed by atoms with van der Waals surface area (Å²) in [6, 6.07) is 5.04. The maximum absolute atomic E-state index is 12.0. The highest BCUT2D eigenvalue weighted by atomic mass is 35.5. The van der Waals surface area contributed by atoms with Gasteiger partial charge in [-0.25, -0.2) is 0 Å². The van der Waals surface area contributed by atoms with Crippen LogP contribution in [0.2, 0.25) is 5.02 Å². The summed E-state index contributed by atoms with van der Waals surface area (Å²) in [5.41, 5.74) is 6.56. The number of benzene rings is 1. The molecule has 7 heteroatoms. The zero-order valence-electron chi connectivity index (χ0n) is 12.1. The van der Waals surface area contributed by atoms with E-state index in [4.69, 9.17) is 28.9 Å². The molecule has 0 radical (unpaired) electrons. The first kappa shape index (κ1) is 18.0. The van der Waals surface area contributed by atoms with Crippen LogP contribution in [0.4, 0.5) is 11.4 Å². The fourth-order valence-electron chi connectivity index (χ4n) is 1.50. The van der Waals surface area contributed by atoms with Crippen molar-refractivity contribution in [2.24, 2.45) is 5.73 Å². The monoisotopic (exact) mass is 333 g/mol. The first-order valence-electron chi connectivity index (χ1n) is 6.71. The Bertz CT molecular complexity index is 495. The third-order valence-electron chi connectivity index (χ3n) is 3.11. The molecule has 5 N–H and O–H groups in total. The third-order valence-corrected chi connectivity index (χ3v) is 3.76. The number of halogens is 2. The number of alkyl halides is 1. The van der Waals surface area contributed by atoms with Crippen molar-refractivity contribution >= 4 is 40.5 Å². The lowest BCUT2D eigenvalue weighted by atomic mass is 10.1. The highest BCUT2D eigenvalue weighted by molar-refractivity contribution is 6.36. The molecule has 0 saturated carbocycles. The molecule has 0 fully saturated rings. The largest absolute Gasteiger partial charge is 0.390 e. The lowest BCUT2D eigenvalue weighted by Gasteiger charge is -2.19. The highest BCUT2D eigenvalue weighted by Crippen LogP contribution is 2.25. The van der Waals surface area contributed by atoms with E-state index in [1.807, 2.05) is 6.92 Å². The maximum Gasteiger partial charge on any atom is 0.245 e. The van der Waals surface area contributed by atoms with Crippen LogP contribution < -0.4 is 16.4 Å². The van der Waals surface area contributed by atoms with Gasteiger partial charge in [-0.15, -0.1) is 11.6 Å². The van der Waals surface area contributed by atoms with Crippen molar-refractivity contribution in [1.29, 1.82) is 0 Å². The molecule has 0 aliphatic carbocycles. The fourth-order valence-corrected chi connectivity index (χ4v) is 1.79. The smallest absolute Gasteiger partial charge is 0.245 e. The van der Waals surface area contributed by atoms with Gasteiger partial charge in [-0.2, -0.15) is 0 Å². The molecule has 21 heavy (non-hydrogen) atoms. The molecule has 0 bridgehead atoms. The van der Waals surface area contributed by atoms with E-state index in [-0.39, 0.29) is 12.5 Å². The van der Waals surface area contributed by atoms with Crippen LogP contribution in [0.3, 0.4) is 0 Å².